The topological polar surface area (TPSA) is 95.9 Å². The molecule has 0 bridgehead atoms. The molecule has 0 aliphatic heterocycles. The van der Waals surface area contributed by atoms with E-state index >= 15 is 0 Å². The van der Waals surface area contributed by atoms with Crippen LogP contribution in [0.2, 0.25) is 0 Å². The van der Waals surface area contributed by atoms with E-state index in [1.165, 1.54) is 57.8 Å². The number of ether oxygens (including phenoxy) is 1. The zero-order chi connectivity index (χ0) is 40.3. The van der Waals surface area contributed by atoms with Gasteiger partial charge in [0.1, 0.15) is 6.10 Å². The van der Waals surface area contributed by atoms with Gasteiger partial charge in [-0.15, -0.1) is 0 Å². The Morgan fingerprint density at radius 1 is 0.545 bits per heavy atom. The summed E-state index contributed by atoms with van der Waals surface area (Å²) in [5.41, 5.74) is 0. The molecule has 0 aromatic heterocycles. The fourth-order valence-corrected chi connectivity index (χ4v) is 6.34. The number of unbranched alkanes of at least 4 members (excludes halogenated alkanes) is 15. The SMILES string of the molecule is CC/C=C\C/C=C\C/C=C\C/C=C\C/C=C\CCCC(CC(=O)NC(CO)C(O)CCCCCCCCCCC)OC(=O)CCCCCCC/C=C\CCC. The highest BCUT2D eigenvalue weighted by Gasteiger charge is 2.24. The highest BCUT2D eigenvalue weighted by molar-refractivity contribution is 5.77. The minimum atomic E-state index is -0.804. The van der Waals surface area contributed by atoms with E-state index in [-0.39, 0.29) is 24.9 Å². The molecule has 0 aromatic rings. The molecule has 55 heavy (non-hydrogen) atoms. The van der Waals surface area contributed by atoms with Gasteiger partial charge >= 0.3 is 5.97 Å². The first-order chi connectivity index (χ1) is 27.0. The molecule has 0 saturated heterocycles. The monoisotopic (exact) mass is 768 g/mol. The summed E-state index contributed by atoms with van der Waals surface area (Å²) in [7, 11) is 0. The van der Waals surface area contributed by atoms with Crippen molar-refractivity contribution in [2.45, 2.75) is 219 Å². The average molecular weight is 768 g/mol. The maximum absolute atomic E-state index is 13.1. The van der Waals surface area contributed by atoms with Crippen LogP contribution in [0.4, 0.5) is 0 Å². The minimum absolute atomic E-state index is 0.0320. The van der Waals surface area contributed by atoms with Gasteiger partial charge in [-0.2, -0.15) is 0 Å². The molecule has 6 heteroatoms. The van der Waals surface area contributed by atoms with E-state index in [1.54, 1.807) is 0 Å². The summed E-state index contributed by atoms with van der Waals surface area (Å²) in [4.78, 5) is 25.9. The molecule has 3 unspecified atom stereocenters. The first-order valence-corrected chi connectivity index (χ1v) is 22.7. The third-order valence-corrected chi connectivity index (χ3v) is 9.75. The van der Waals surface area contributed by atoms with Crippen molar-refractivity contribution in [3.63, 3.8) is 0 Å². The lowest BCUT2D eigenvalue weighted by Gasteiger charge is -2.24. The van der Waals surface area contributed by atoms with Crippen LogP contribution in [0, 0.1) is 0 Å². The van der Waals surface area contributed by atoms with E-state index in [0.717, 1.165) is 96.3 Å². The summed E-state index contributed by atoms with van der Waals surface area (Å²) in [5.74, 6) is -0.551. The first-order valence-electron chi connectivity index (χ1n) is 22.7. The van der Waals surface area contributed by atoms with Crippen LogP contribution in [0.3, 0.4) is 0 Å². The van der Waals surface area contributed by atoms with Crippen molar-refractivity contribution in [2.75, 3.05) is 6.61 Å². The van der Waals surface area contributed by atoms with Crippen molar-refractivity contribution < 1.29 is 24.5 Å². The predicted octanol–water partition coefficient (Wildman–Crippen LogP) is 13.1. The maximum Gasteiger partial charge on any atom is 0.306 e. The number of nitrogens with one attached hydrogen (secondary N) is 1. The Morgan fingerprint density at radius 3 is 1.62 bits per heavy atom. The van der Waals surface area contributed by atoms with Crippen molar-refractivity contribution in [3.05, 3.63) is 72.9 Å². The van der Waals surface area contributed by atoms with Gasteiger partial charge in [0.05, 0.1) is 25.2 Å². The Morgan fingerprint density at radius 2 is 1.04 bits per heavy atom. The van der Waals surface area contributed by atoms with Crippen LogP contribution in [0.1, 0.15) is 201 Å². The van der Waals surface area contributed by atoms with Gasteiger partial charge in [0.2, 0.25) is 5.91 Å². The molecule has 3 atom stereocenters. The normalized spacial score (nSPS) is 14.1. The largest absolute Gasteiger partial charge is 0.462 e. The molecular formula is C49H85NO5. The molecule has 316 valence electrons. The van der Waals surface area contributed by atoms with Crippen molar-refractivity contribution in [2.24, 2.45) is 0 Å². The van der Waals surface area contributed by atoms with Crippen LogP contribution in [0.5, 0.6) is 0 Å². The number of allylic oxidation sites excluding steroid dienone is 12. The van der Waals surface area contributed by atoms with Crippen LogP contribution in [0.25, 0.3) is 0 Å². The summed E-state index contributed by atoms with van der Waals surface area (Å²) in [5, 5.41) is 23.5. The summed E-state index contributed by atoms with van der Waals surface area (Å²) in [6.07, 6.45) is 52.5. The van der Waals surface area contributed by atoms with Crippen molar-refractivity contribution >= 4 is 11.9 Å². The third-order valence-electron chi connectivity index (χ3n) is 9.75. The van der Waals surface area contributed by atoms with E-state index in [4.69, 9.17) is 4.74 Å². The van der Waals surface area contributed by atoms with Crippen LogP contribution in [-0.2, 0) is 14.3 Å². The molecule has 0 fully saturated rings. The van der Waals surface area contributed by atoms with Crippen LogP contribution in [0.15, 0.2) is 72.9 Å². The number of carbonyl (C=O) groups is 2. The molecule has 0 radical (unpaired) electrons. The van der Waals surface area contributed by atoms with E-state index in [0.29, 0.717) is 19.3 Å². The van der Waals surface area contributed by atoms with Gasteiger partial charge in [0.15, 0.2) is 0 Å². The number of aliphatic hydroxyl groups excluding tert-OH is 2. The van der Waals surface area contributed by atoms with Crippen molar-refractivity contribution in [3.8, 4) is 0 Å². The van der Waals surface area contributed by atoms with Crippen LogP contribution < -0.4 is 5.32 Å². The Hall–Kier alpha value is -2.70. The Labute approximate surface area is 339 Å². The standard InChI is InChI=1S/C49H85NO5/c1-4-7-10-13-16-19-21-22-23-24-25-26-27-29-31-34-37-40-45(55-49(54)42-39-36-33-30-20-17-14-11-8-5-2)43-48(53)50-46(44-51)47(52)41-38-35-32-28-18-15-12-9-6-3/h7,10-11,14,16,19,22-23,25-26,29,31,45-47,51-52H,4-6,8-9,12-13,15,17-18,20-21,24,27-28,30,32-44H2,1-3H3,(H,50,53)/b10-7-,14-11-,19-16-,23-22-,26-25-,31-29-. The first kappa shape index (κ1) is 52.3. The van der Waals surface area contributed by atoms with Gasteiger partial charge in [-0.05, 0) is 83.5 Å². The average Bonchev–Trinajstić information content (AvgIpc) is 3.18. The molecule has 3 N–H and O–H groups in total. The van der Waals surface area contributed by atoms with E-state index in [2.05, 4.69) is 99.0 Å². The molecule has 0 aliphatic carbocycles. The van der Waals surface area contributed by atoms with Gasteiger partial charge < -0.3 is 20.3 Å². The molecule has 6 nitrogen and oxygen atoms in total. The summed E-state index contributed by atoms with van der Waals surface area (Å²) < 4.78 is 5.86. The van der Waals surface area contributed by atoms with Crippen LogP contribution >= 0.6 is 0 Å². The Bertz CT molecular complexity index is 1040. The predicted molar refractivity (Wildman–Crippen MR) is 236 cm³/mol. The van der Waals surface area contributed by atoms with Gasteiger partial charge in [0.25, 0.3) is 0 Å². The molecule has 0 rings (SSSR count). The fourth-order valence-electron chi connectivity index (χ4n) is 6.34. The third kappa shape index (κ3) is 38.0. The number of aliphatic hydroxyl groups is 2. The van der Waals surface area contributed by atoms with E-state index in [1.807, 2.05) is 0 Å². The van der Waals surface area contributed by atoms with Gasteiger partial charge in [-0.25, -0.2) is 0 Å². The van der Waals surface area contributed by atoms with Crippen molar-refractivity contribution in [1.82, 2.24) is 5.32 Å². The Balaban J connectivity index is 4.74. The minimum Gasteiger partial charge on any atom is -0.462 e. The number of hydrogen-bond acceptors (Lipinski definition) is 5. The molecular weight excluding hydrogens is 683 g/mol. The maximum atomic E-state index is 13.1. The van der Waals surface area contributed by atoms with E-state index < -0.39 is 18.2 Å². The fraction of sp³-hybridized carbons (Fsp3) is 0.714. The molecule has 0 saturated carbocycles. The van der Waals surface area contributed by atoms with Gasteiger partial charge in [-0.3, -0.25) is 9.59 Å². The zero-order valence-electron chi connectivity index (χ0n) is 35.8. The lowest BCUT2D eigenvalue weighted by atomic mass is 10.0. The molecule has 0 spiro atoms. The highest BCUT2D eigenvalue weighted by Crippen LogP contribution is 2.16. The highest BCUT2D eigenvalue weighted by atomic mass is 16.5. The molecule has 0 heterocycles. The van der Waals surface area contributed by atoms with E-state index in [9.17, 15) is 19.8 Å². The second-order valence-electron chi connectivity index (χ2n) is 15.1. The second kappa shape index (κ2) is 42.4. The quantitative estimate of drug-likeness (QED) is 0.0329. The summed E-state index contributed by atoms with van der Waals surface area (Å²) in [6, 6.07) is -0.721. The van der Waals surface area contributed by atoms with Gasteiger partial charge in [-0.1, -0.05) is 177 Å². The van der Waals surface area contributed by atoms with Crippen molar-refractivity contribution in [1.29, 1.82) is 0 Å². The lowest BCUT2D eigenvalue weighted by Crippen LogP contribution is -2.46. The molecule has 0 aliphatic rings. The summed E-state index contributed by atoms with van der Waals surface area (Å²) in [6.45, 7) is 6.25. The second-order valence-corrected chi connectivity index (χ2v) is 15.1. The molecule has 0 aromatic carbocycles. The molecule has 1 amide bonds. The van der Waals surface area contributed by atoms with Gasteiger partial charge in [0, 0.05) is 6.42 Å². The Kier molecular flexibility index (Phi) is 40.4. The number of amides is 1. The number of esters is 1. The summed E-state index contributed by atoms with van der Waals surface area (Å²) >= 11 is 0. The smallest absolute Gasteiger partial charge is 0.306 e. The number of carbonyl (C=O) groups excluding carboxylic acids is 2. The lowest BCUT2D eigenvalue weighted by molar-refractivity contribution is -0.151. The zero-order valence-corrected chi connectivity index (χ0v) is 35.8. The number of rotatable bonds is 39. The number of hydrogen-bond donors (Lipinski definition) is 3. The van der Waals surface area contributed by atoms with Crippen LogP contribution in [-0.4, -0.2) is 46.9 Å².